The van der Waals surface area contributed by atoms with Gasteiger partial charge in [0.2, 0.25) is 17.7 Å². The fraction of sp³-hybridized carbons (Fsp3) is 0.575. The average molecular weight is 719 g/mol. The largest absolute Gasteiger partial charge is 0.465 e. The van der Waals surface area contributed by atoms with E-state index in [-0.39, 0.29) is 61.0 Å². The minimum Gasteiger partial charge on any atom is -0.465 e. The van der Waals surface area contributed by atoms with E-state index in [2.05, 4.69) is 15.5 Å². The van der Waals surface area contributed by atoms with Gasteiger partial charge < -0.3 is 31.7 Å². The Bertz CT molecular complexity index is 1470. The van der Waals surface area contributed by atoms with Gasteiger partial charge in [-0.1, -0.05) is 74.5 Å². The third-order valence-corrected chi connectivity index (χ3v) is 10.0. The van der Waals surface area contributed by atoms with Crippen LogP contribution in [0.25, 0.3) is 0 Å². The van der Waals surface area contributed by atoms with Gasteiger partial charge >= 0.3 is 5.97 Å². The van der Waals surface area contributed by atoms with Crippen LogP contribution in [0.15, 0.2) is 60.7 Å². The average Bonchev–Trinajstić information content (AvgIpc) is 3.72. The second kappa shape index (κ2) is 20.2. The Morgan fingerprint density at radius 1 is 0.846 bits per heavy atom. The molecule has 3 amide bonds. The Balaban J connectivity index is 1.46. The number of likely N-dealkylation sites (tertiary alicyclic amines) is 2. The van der Waals surface area contributed by atoms with Crippen molar-refractivity contribution in [1.29, 1.82) is 0 Å². The van der Waals surface area contributed by atoms with Crippen molar-refractivity contribution < 1.29 is 28.7 Å². The lowest BCUT2D eigenvalue weighted by molar-refractivity contribution is -0.145. The van der Waals surface area contributed by atoms with Gasteiger partial charge in [-0.15, -0.1) is 0 Å². The second-order valence-corrected chi connectivity index (χ2v) is 14.7. The first-order chi connectivity index (χ1) is 25.0. The van der Waals surface area contributed by atoms with Gasteiger partial charge in [0.05, 0.1) is 25.2 Å². The van der Waals surface area contributed by atoms with E-state index >= 15 is 0 Å². The van der Waals surface area contributed by atoms with Gasteiger partial charge in [-0.2, -0.15) is 0 Å². The van der Waals surface area contributed by atoms with Crippen LogP contribution in [0.2, 0.25) is 0 Å². The molecule has 0 saturated carbocycles. The van der Waals surface area contributed by atoms with Crippen LogP contribution in [0.4, 0.5) is 0 Å². The van der Waals surface area contributed by atoms with Gasteiger partial charge in [-0.05, 0) is 75.5 Å². The summed E-state index contributed by atoms with van der Waals surface area (Å²) in [5.74, 6) is -2.09. The number of ketones is 1. The molecule has 6 atom stereocenters. The zero-order valence-corrected chi connectivity index (χ0v) is 31.0. The summed E-state index contributed by atoms with van der Waals surface area (Å²) in [6, 6.07) is 16.4. The van der Waals surface area contributed by atoms with Crippen molar-refractivity contribution in [2.75, 3.05) is 32.8 Å². The molecule has 2 bridgehead atoms. The highest BCUT2D eigenvalue weighted by Gasteiger charge is 2.47. The summed E-state index contributed by atoms with van der Waals surface area (Å²) in [4.78, 5) is 71.5. The Labute approximate surface area is 308 Å². The summed E-state index contributed by atoms with van der Waals surface area (Å²) in [5, 5.41) is 5.94. The third-order valence-electron chi connectivity index (χ3n) is 10.0. The molecule has 2 saturated heterocycles. The number of Topliss-reactive ketones (excluding diaryl/α,β-unsaturated/α-hetero) is 1. The Morgan fingerprint density at radius 2 is 1.48 bits per heavy atom. The lowest BCUT2D eigenvalue weighted by atomic mass is 9.88. The van der Waals surface area contributed by atoms with Crippen LogP contribution in [0.5, 0.6) is 0 Å². The quantitative estimate of drug-likeness (QED) is 0.112. The van der Waals surface area contributed by atoms with E-state index in [9.17, 15) is 24.0 Å². The van der Waals surface area contributed by atoms with Crippen molar-refractivity contribution in [3.8, 4) is 0 Å². The molecule has 0 spiro atoms. The van der Waals surface area contributed by atoms with Crippen molar-refractivity contribution in [2.45, 2.75) is 102 Å². The number of carbonyl (C=O) groups excluding carboxylic acids is 5. The molecule has 2 aromatic rings. The summed E-state index contributed by atoms with van der Waals surface area (Å²) in [5.41, 5.74) is 13.9. The first-order valence-electron chi connectivity index (χ1n) is 18.9. The van der Waals surface area contributed by atoms with Gasteiger partial charge in [-0.3, -0.25) is 28.9 Å². The minimum absolute atomic E-state index is 0.0514. The molecule has 0 aliphatic carbocycles. The van der Waals surface area contributed by atoms with Crippen LogP contribution in [-0.4, -0.2) is 102 Å². The highest BCUT2D eigenvalue weighted by Crippen LogP contribution is 2.31. The SMILES string of the molecule is CCOC(=O)CN1CC2CC1CN2C(=O)C(CCCCN)NC(=O)C(CC(=O)C(Cc1ccccc1)NC(=O)C(N)Cc1ccccc1)CC(C)C. The Hall–Kier alpha value is -4.13. The number of carbonyl (C=O) groups is 5. The van der Waals surface area contributed by atoms with Gasteiger partial charge in [0.25, 0.3) is 0 Å². The molecule has 12 nitrogen and oxygen atoms in total. The van der Waals surface area contributed by atoms with Gasteiger partial charge in [0.1, 0.15) is 6.04 Å². The summed E-state index contributed by atoms with van der Waals surface area (Å²) in [6.45, 7) is 7.81. The molecule has 2 fully saturated rings. The molecule has 2 aliphatic heterocycles. The van der Waals surface area contributed by atoms with E-state index in [1.54, 1.807) is 6.92 Å². The van der Waals surface area contributed by atoms with Crippen LogP contribution in [0.3, 0.4) is 0 Å². The monoisotopic (exact) mass is 718 g/mol. The van der Waals surface area contributed by atoms with Crippen molar-refractivity contribution in [1.82, 2.24) is 20.4 Å². The lowest BCUT2D eigenvalue weighted by Crippen LogP contribution is -2.56. The summed E-state index contributed by atoms with van der Waals surface area (Å²) in [6.07, 6.45) is 3.46. The molecule has 284 valence electrons. The van der Waals surface area contributed by atoms with E-state index in [0.717, 1.165) is 17.5 Å². The van der Waals surface area contributed by atoms with Crippen molar-refractivity contribution >= 4 is 29.5 Å². The molecule has 2 aromatic carbocycles. The summed E-state index contributed by atoms with van der Waals surface area (Å²) in [7, 11) is 0. The smallest absolute Gasteiger partial charge is 0.320 e. The number of amides is 3. The number of nitrogens with one attached hydrogen (secondary N) is 2. The summed E-state index contributed by atoms with van der Waals surface area (Å²) < 4.78 is 5.13. The first-order valence-corrected chi connectivity index (χ1v) is 18.9. The van der Waals surface area contributed by atoms with Gasteiger partial charge in [0, 0.05) is 37.5 Å². The molecule has 52 heavy (non-hydrogen) atoms. The number of piperazine rings is 1. The number of nitrogens with zero attached hydrogens (tertiary/aromatic N) is 2. The number of benzene rings is 2. The van der Waals surface area contributed by atoms with E-state index in [1.165, 1.54) is 0 Å². The minimum atomic E-state index is -0.890. The maximum absolute atomic E-state index is 14.1. The number of fused-ring (bicyclic) bond motifs is 2. The third kappa shape index (κ3) is 12.0. The maximum atomic E-state index is 14.1. The predicted octanol–water partition coefficient (Wildman–Crippen LogP) is 2.37. The molecule has 2 heterocycles. The fourth-order valence-electron chi connectivity index (χ4n) is 7.40. The highest BCUT2D eigenvalue weighted by atomic mass is 16.5. The number of hydrogen-bond acceptors (Lipinski definition) is 9. The molecule has 12 heteroatoms. The second-order valence-electron chi connectivity index (χ2n) is 14.7. The van der Waals surface area contributed by atoms with Crippen LogP contribution in [0, 0.1) is 11.8 Å². The van der Waals surface area contributed by atoms with E-state index in [4.69, 9.17) is 16.2 Å². The van der Waals surface area contributed by atoms with E-state index < -0.39 is 30.0 Å². The molecule has 0 radical (unpaired) electrons. The topological polar surface area (TPSA) is 177 Å². The molecular weight excluding hydrogens is 660 g/mol. The number of hydrogen-bond donors (Lipinski definition) is 4. The molecule has 2 aliphatic rings. The Kier molecular flexibility index (Phi) is 15.8. The van der Waals surface area contributed by atoms with Crippen LogP contribution < -0.4 is 22.1 Å². The van der Waals surface area contributed by atoms with Crippen molar-refractivity contribution in [2.24, 2.45) is 23.3 Å². The summed E-state index contributed by atoms with van der Waals surface area (Å²) >= 11 is 0. The zero-order chi connectivity index (χ0) is 37.6. The van der Waals surface area contributed by atoms with Gasteiger partial charge in [0.15, 0.2) is 5.78 Å². The van der Waals surface area contributed by atoms with Crippen LogP contribution >= 0.6 is 0 Å². The molecule has 0 aromatic heterocycles. The molecule has 4 rings (SSSR count). The number of rotatable bonds is 21. The van der Waals surface area contributed by atoms with Crippen molar-refractivity contribution in [3.63, 3.8) is 0 Å². The normalized spacial score (nSPS) is 19.2. The fourth-order valence-corrected chi connectivity index (χ4v) is 7.40. The zero-order valence-electron chi connectivity index (χ0n) is 31.0. The van der Waals surface area contributed by atoms with Crippen molar-refractivity contribution in [3.05, 3.63) is 71.8 Å². The van der Waals surface area contributed by atoms with Crippen LogP contribution in [0.1, 0.15) is 70.4 Å². The predicted molar refractivity (Wildman–Crippen MR) is 200 cm³/mol. The number of ether oxygens (including phenoxy) is 1. The standard InChI is InChI=1S/C40H58N6O6/c1-4-52-37(48)26-45-24-32-23-31(45)25-46(32)40(51)34(17-11-12-18-41)43-38(49)30(19-27(2)3)22-36(47)35(21-29-15-9-6-10-16-29)44-39(50)33(42)20-28-13-7-5-8-14-28/h5-10,13-16,27,30-35H,4,11-12,17-26,41-42H2,1-3H3,(H,43,49)(H,44,50). The number of esters is 1. The highest BCUT2D eigenvalue weighted by molar-refractivity contribution is 5.95. The molecular formula is C40H58N6O6. The van der Waals surface area contributed by atoms with E-state index in [0.29, 0.717) is 58.3 Å². The Morgan fingerprint density at radius 3 is 2.06 bits per heavy atom. The molecule has 6 unspecified atom stereocenters. The van der Waals surface area contributed by atoms with Gasteiger partial charge in [-0.25, -0.2) is 0 Å². The number of unbranched alkanes of at least 4 members (excludes halogenated alkanes) is 1. The van der Waals surface area contributed by atoms with E-state index in [1.807, 2.05) is 79.4 Å². The van der Waals surface area contributed by atoms with Crippen LogP contribution in [-0.2, 0) is 41.6 Å². The molecule has 6 N–H and O–H groups in total. The lowest BCUT2D eigenvalue weighted by Gasteiger charge is -2.36. The first kappa shape index (κ1) is 40.6. The maximum Gasteiger partial charge on any atom is 0.320 e. The number of nitrogens with two attached hydrogens (primary N) is 2.